The summed E-state index contributed by atoms with van der Waals surface area (Å²) in [7, 11) is -0.883. The van der Waals surface area contributed by atoms with Gasteiger partial charge < -0.3 is 5.32 Å². The quantitative estimate of drug-likeness (QED) is 0.837. The summed E-state index contributed by atoms with van der Waals surface area (Å²) >= 11 is 6.00. The molecule has 0 heterocycles. The van der Waals surface area contributed by atoms with Gasteiger partial charge in [-0.05, 0) is 29.7 Å². The molecule has 1 unspecified atom stereocenters. The van der Waals surface area contributed by atoms with Crippen LogP contribution < -0.4 is 5.32 Å². The van der Waals surface area contributed by atoms with Gasteiger partial charge in [0.2, 0.25) is 10.0 Å². The van der Waals surface area contributed by atoms with Crippen molar-refractivity contribution in [3.05, 3.63) is 64.7 Å². The van der Waals surface area contributed by atoms with Crippen LogP contribution in [0.4, 0.5) is 0 Å². The third-order valence-electron chi connectivity index (χ3n) is 3.89. The van der Waals surface area contributed by atoms with E-state index in [2.05, 4.69) is 5.32 Å². The largest absolute Gasteiger partial charge is 0.351 e. The zero-order valence-electron chi connectivity index (χ0n) is 14.4. The molecule has 0 bridgehead atoms. The lowest BCUT2D eigenvalue weighted by atomic mass is 10.0. The maximum absolute atomic E-state index is 12.4. The van der Waals surface area contributed by atoms with Gasteiger partial charge in [0.25, 0.3) is 5.91 Å². The second-order valence-corrected chi connectivity index (χ2v) is 8.48. The highest BCUT2D eigenvalue weighted by Gasteiger charge is 2.22. The van der Waals surface area contributed by atoms with E-state index in [4.69, 9.17) is 11.6 Å². The first-order valence-corrected chi connectivity index (χ1v) is 9.60. The average Bonchev–Trinajstić information content (AvgIpc) is 2.60. The van der Waals surface area contributed by atoms with E-state index in [1.807, 2.05) is 37.3 Å². The van der Waals surface area contributed by atoms with Crippen LogP contribution in [-0.4, -0.2) is 39.3 Å². The lowest BCUT2D eigenvalue weighted by molar-refractivity contribution is 0.0951. The number of carbonyl (C=O) groups is 1. The Hall–Kier alpha value is -1.89. The SMILES string of the molecule is CC(CNC(=O)c1ccc(Cl)c(S(=O)(=O)N(C)C)c1)c1ccccc1. The van der Waals surface area contributed by atoms with Crippen LogP contribution in [-0.2, 0) is 10.0 Å². The van der Waals surface area contributed by atoms with Gasteiger partial charge in [-0.25, -0.2) is 12.7 Å². The number of rotatable bonds is 6. The summed E-state index contributed by atoms with van der Waals surface area (Å²) in [6.45, 7) is 2.46. The molecule has 0 aliphatic heterocycles. The lowest BCUT2D eigenvalue weighted by Gasteiger charge is -2.15. The summed E-state index contributed by atoms with van der Waals surface area (Å²) in [4.78, 5) is 12.3. The van der Waals surface area contributed by atoms with Crippen LogP contribution >= 0.6 is 11.6 Å². The van der Waals surface area contributed by atoms with Crippen molar-refractivity contribution >= 4 is 27.5 Å². The van der Waals surface area contributed by atoms with Gasteiger partial charge in [-0.3, -0.25) is 4.79 Å². The maximum Gasteiger partial charge on any atom is 0.251 e. The number of nitrogens with zero attached hydrogens (tertiary/aromatic N) is 1. The Balaban J connectivity index is 2.15. The number of amides is 1. The molecule has 0 saturated carbocycles. The smallest absolute Gasteiger partial charge is 0.251 e. The second kappa shape index (κ2) is 7.99. The van der Waals surface area contributed by atoms with Gasteiger partial charge in [-0.2, -0.15) is 0 Å². The van der Waals surface area contributed by atoms with E-state index in [9.17, 15) is 13.2 Å². The number of carbonyl (C=O) groups excluding carboxylic acids is 1. The van der Waals surface area contributed by atoms with Crippen LogP contribution in [0.2, 0.25) is 5.02 Å². The number of halogens is 1. The minimum absolute atomic E-state index is 0.0806. The molecule has 0 aliphatic carbocycles. The predicted octanol–water partition coefficient (Wildman–Crippen LogP) is 3.12. The molecule has 5 nitrogen and oxygen atoms in total. The van der Waals surface area contributed by atoms with E-state index in [1.54, 1.807) is 0 Å². The Labute approximate surface area is 153 Å². The van der Waals surface area contributed by atoms with Crippen molar-refractivity contribution in [2.45, 2.75) is 17.7 Å². The number of nitrogens with one attached hydrogen (secondary N) is 1. The van der Waals surface area contributed by atoms with Crippen LogP contribution in [0.3, 0.4) is 0 Å². The summed E-state index contributed by atoms with van der Waals surface area (Å²) in [5.74, 6) is -0.197. The number of sulfonamides is 1. The fourth-order valence-corrected chi connectivity index (χ4v) is 3.68. The van der Waals surface area contributed by atoms with Crippen molar-refractivity contribution in [2.75, 3.05) is 20.6 Å². The first-order chi connectivity index (χ1) is 11.7. The van der Waals surface area contributed by atoms with Gasteiger partial charge in [0.05, 0.1) is 5.02 Å². The number of benzene rings is 2. The first-order valence-electron chi connectivity index (χ1n) is 7.78. The van der Waals surface area contributed by atoms with E-state index < -0.39 is 10.0 Å². The highest BCUT2D eigenvalue weighted by atomic mass is 35.5. The van der Waals surface area contributed by atoms with E-state index in [0.29, 0.717) is 6.54 Å². The first kappa shape index (κ1) is 19.4. The molecule has 7 heteroatoms. The molecule has 1 amide bonds. The molecule has 1 N–H and O–H groups in total. The van der Waals surface area contributed by atoms with Gasteiger partial charge in [-0.1, -0.05) is 48.9 Å². The zero-order chi connectivity index (χ0) is 18.6. The molecular weight excluding hydrogens is 360 g/mol. The standard InChI is InChI=1S/C18H21ClN2O3S/c1-13(14-7-5-4-6-8-14)12-20-18(22)15-9-10-16(19)17(11-15)25(23,24)21(2)3/h4-11,13H,12H2,1-3H3,(H,20,22). The van der Waals surface area contributed by atoms with Crippen LogP contribution in [0.25, 0.3) is 0 Å². The Morgan fingerprint density at radius 2 is 1.80 bits per heavy atom. The number of hydrogen-bond donors (Lipinski definition) is 1. The fraction of sp³-hybridized carbons (Fsp3) is 0.278. The normalized spacial score (nSPS) is 12.8. The zero-order valence-corrected chi connectivity index (χ0v) is 15.9. The fourth-order valence-electron chi connectivity index (χ4n) is 2.29. The molecule has 0 aromatic heterocycles. The van der Waals surface area contributed by atoms with E-state index in [-0.39, 0.29) is 27.3 Å². The topological polar surface area (TPSA) is 66.5 Å². The van der Waals surface area contributed by atoms with Gasteiger partial charge in [-0.15, -0.1) is 0 Å². The van der Waals surface area contributed by atoms with Crippen molar-refractivity contribution in [3.63, 3.8) is 0 Å². The highest BCUT2D eigenvalue weighted by molar-refractivity contribution is 7.89. The molecule has 1 atom stereocenters. The molecule has 2 aromatic rings. The summed E-state index contributed by atoms with van der Waals surface area (Å²) in [5, 5.41) is 2.92. The molecule has 2 rings (SSSR count). The summed E-state index contributed by atoms with van der Waals surface area (Å²) in [5.41, 5.74) is 1.37. The minimum atomic E-state index is -3.72. The Morgan fingerprint density at radius 1 is 1.16 bits per heavy atom. The molecule has 0 saturated heterocycles. The predicted molar refractivity (Wildman–Crippen MR) is 99.5 cm³/mol. The van der Waals surface area contributed by atoms with Crippen LogP contribution in [0.5, 0.6) is 0 Å². The molecule has 25 heavy (non-hydrogen) atoms. The Bertz CT molecular complexity index is 852. The molecule has 134 valence electrons. The number of hydrogen-bond acceptors (Lipinski definition) is 3. The molecule has 0 spiro atoms. The highest BCUT2D eigenvalue weighted by Crippen LogP contribution is 2.25. The van der Waals surface area contributed by atoms with Crippen molar-refractivity contribution in [1.29, 1.82) is 0 Å². The van der Waals surface area contributed by atoms with Crippen molar-refractivity contribution in [2.24, 2.45) is 0 Å². The molecule has 0 aliphatic rings. The van der Waals surface area contributed by atoms with Crippen molar-refractivity contribution in [3.8, 4) is 0 Å². The van der Waals surface area contributed by atoms with Crippen LogP contribution in [0, 0.1) is 0 Å². The van der Waals surface area contributed by atoms with E-state index in [0.717, 1.165) is 9.87 Å². The summed E-state index contributed by atoms with van der Waals surface area (Å²) < 4.78 is 25.6. The van der Waals surface area contributed by atoms with Gasteiger partial charge in [0.15, 0.2) is 0 Å². The minimum Gasteiger partial charge on any atom is -0.351 e. The van der Waals surface area contributed by atoms with Gasteiger partial charge in [0, 0.05) is 26.2 Å². The Morgan fingerprint density at radius 3 is 2.40 bits per heavy atom. The Kier molecular flexibility index (Phi) is 6.21. The molecule has 0 fully saturated rings. The third-order valence-corrected chi connectivity index (χ3v) is 6.19. The molecule has 2 aromatic carbocycles. The molecular formula is C18H21ClN2O3S. The monoisotopic (exact) mass is 380 g/mol. The van der Waals surface area contributed by atoms with Crippen molar-refractivity contribution < 1.29 is 13.2 Å². The van der Waals surface area contributed by atoms with Crippen molar-refractivity contribution in [1.82, 2.24) is 9.62 Å². The summed E-state index contributed by atoms with van der Waals surface area (Å²) in [6.07, 6.45) is 0. The maximum atomic E-state index is 12.4. The lowest BCUT2D eigenvalue weighted by Crippen LogP contribution is -2.28. The van der Waals surface area contributed by atoms with Crippen LogP contribution in [0.15, 0.2) is 53.4 Å². The second-order valence-electron chi connectivity index (χ2n) is 5.95. The van der Waals surface area contributed by atoms with Gasteiger partial charge in [0.1, 0.15) is 4.90 Å². The third kappa shape index (κ3) is 4.60. The average molecular weight is 381 g/mol. The summed E-state index contributed by atoms with van der Waals surface area (Å²) in [6, 6.07) is 14.1. The van der Waals surface area contributed by atoms with E-state index >= 15 is 0 Å². The van der Waals surface area contributed by atoms with Crippen LogP contribution in [0.1, 0.15) is 28.8 Å². The van der Waals surface area contributed by atoms with E-state index in [1.165, 1.54) is 32.3 Å². The van der Waals surface area contributed by atoms with Gasteiger partial charge >= 0.3 is 0 Å². The molecule has 0 radical (unpaired) electrons.